The van der Waals surface area contributed by atoms with Gasteiger partial charge in [0.05, 0.1) is 5.52 Å². The van der Waals surface area contributed by atoms with E-state index in [-0.39, 0.29) is 23.2 Å². The molecule has 1 fully saturated rings. The standard InChI is InChI=1S/C24H26N4O3/c1-4-6-21(29)19-9-14(3)18(13-25-19)17-10-16-12-26-22(27-23(30)15-7-8-15)11-20(16)28(5-2)24(17)31/h9-13,15H,4-8H2,1-3H3,(H,26,27,30). The van der Waals surface area contributed by atoms with Crippen molar-refractivity contribution in [1.82, 2.24) is 14.5 Å². The molecule has 1 amide bonds. The highest BCUT2D eigenvalue weighted by atomic mass is 16.2. The van der Waals surface area contributed by atoms with Crippen molar-refractivity contribution in [2.45, 2.75) is 53.0 Å². The summed E-state index contributed by atoms with van der Waals surface area (Å²) in [5.74, 6) is 0.520. The molecule has 0 bridgehead atoms. The van der Waals surface area contributed by atoms with Crippen molar-refractivity contribution in [3.8, 4) is 11.1 Å². The molecule has 1 N–H and O–H groups in total. The Kier molecular flexibility index (Phi) is 5.67. The van der Waals surface area contributed by atoms with Crippen LogP contribution in [0.2, 0.25) is 0 Å². The van der Waals surface area contributed by atoms with E-state index in [4.69, 9.17) is 0 Å². The van der Waals surface area contributed by atoms with Crippen LogP contribution in [-0.2, 0) is 11.3 Å². The summed E-state index contributed by atoms with van der Waals surface area (Å²) in [6.45, 7) is 6.22. The van der Waals surface area contributed by atoms with Gasteiger partial charge in [-0.2, -0.15) is 0 Å². The van der Waals surface area contributed by atoms with Crippen LogP contribution in [0, 0.1) is 12.8 Å². The SMILES string of the molecule is CCCC(=O)c1cc(C)c(-c2cc3cnc(NC(=O)C4CC4)cc3n(CC)c2=O)cn1. The maximum absolute atomic E-state index is 13.3. The molecule has 3 heterocycles. The molecule has 7 heteroatoms. The van der Waals surface area contributed by atoms with Gasteiger partial charge in [0.25, 0.3) is 5.56 Å². The second-order valence-corrected chi connectivity index (χ2v) is 8.06. The first-order chi connectivity index (χ1) is 14.9. The molecule has 0 aliphatic heterocycles. The number of hydrogen-bond acceptors (Lipinski definition) is 5. The fourth-order valence-corrected chi connectivity index (χ4v) is 3.77. The van der Waals surface area contributed by atoms with Gasteiger partial charge in [0.2, 0.25) is 5.91 Å². The average Bonchev–Trinajstić information content (AvgIpc) is 3.59. The lowest BCUT2D eigenvalue weighted by molar-refractivity contribution is -0.117. The Morgan fingerprint density at radius 2 is 1.87 bits per heavy atom. The number of anilines is 1. The summed E-state index contributed by atoms with van der Waals surface area (Å²) < 4.78 is 1.68. The zero-order valence-corrected chi connectivity index (χ0v) is 18.1. The topological polar surface area (TPSA) is 94.0 Å². The molecule has 160 valence electrons. The lowest BCUT2D eigenvalue weighted by atomic mass is 10.0. The number of fused-ring (bicyclic) bond motifs is 1. The van der Waals surface area contributed by atoms with E-state index in [1.807, 2.05) is 20.8 Å². The number of carbonyl (C=O) groups is 2. The lowest BCUT2D eigenvalue weighted by Gasteiger charge is -2.14. The van der Waals surface area contributed by atoms with Gasteiger partial charge in [0, 0.05) is 53.9 Å². The number of rotatable bonds is 7. The third-order valence-corrected chi connectivity index (χ3v) is 5.66. The molecule has 4 rings (SSSR count). The largest absolute Gasteiger partial charge is 0.310 e. The molecule has 0 unspecified atom stereocenters. The monoisotopic (exact) mass is 418 g/mol. The predicted molar refractivity (Wildman–Crippen MR) is 120 cm³/mol. The van der Waals surface area contributed by atoms with Crippen molar-refractivity contribution < 1.29 is 9.59 Å². The summed E-state index contributed by atoms with van der Waals surface area (Å²) in [4.78, 5) is 46.2. The number of carbonyl (C=O) groups excluding carboxylic acids is 2. The van der Waals surface area contributed by atoms with Crippen LogP contribution in [0.1, 0.15) is 55.6 Å². The first-order valence-electron chi connectivity index (χ1n) is 10.8. The van der Waals surface area contributed by atoms with Crippen LogP contribution in [-0.4, -0.2) is 26.2 Å². The second kappa shape index (κ2) is 8.41. The van der Waals surface area contributed by atoms with Gasteiger partial charge in [-0.3, -0.25) is 19.4 Å². The van der Waals surface area contributed by atoms with Gasteiger partial charge in [-0.25, -0.2) is 4.98 Å². The van der Waals surface area contributed by atoms with E-state index < -0.39 is 0 Å². The summed E-state index contributed by atoms with van der Waals surface area (Å²) in [5.41, 5.74) is 3.06. The molecular formula is C24H26N4O3. The van der Waals surface area contributed by atoms with Crippen LogP contribution in [0.4, 0.5) is 5.82 Å². The maximum atomic E-state index is 13.3. The Morgan fingerprint density at radius 1 is 1.10 bits per heavy atom. The Balaban J connectivity index is 1.77. The average molecular weight is 418 g/mol. The van der Waals surface area contributed by atoms with Gasteiger partial charge in [-0.15, -0.1) is 0 Å². The summed E-state index contributed by atoms with van der Waals surface area (Å²) in [6, 6.07) is 5.31. The summed E-state index contributed by atoms with van der Waals surface area (Å²) in [5, 5.41) is 3.64. The van der Waals surface area contributed by atoms with Gasteiger partial charge in [-0.1, -0.05) is 6.92 Å². The Morgan fingerprint density at radius 3 is 2.52 bits per heavy atom. The van der Waals surface area contributed by atoms with Crippen LogP contribution in [0.3, 0.4) is 0 Å². The maximum Gasteiger partial charge on any atom is 0.258 e. The molecule has 0 saturated heterocycles. The minimum absolute atomic E-state index is 0.00612. The van der Waals surface area contributed by atoms with Gasteiger partial charge in [0.1, 0.15) is 11.5 Å². The molecule has 1 aliphatic rings. The van der Waals surface area contributed by atoms with Crippen molar-refractivity contribution in [2.24, 2.45) is 5.92 Å². The summed E-state index contributed by atoms with van der Waals surface area (Å²) in [7, 11) is 0. The van der Waals surface area contributed by atoms with Crippen molar-refractivity contribution in [2.75, 3.05) is 5.32 Å². The van der Waals surface area contributed by atoms with E-state index >= 15 is 0 Å². The second-order valence-electron chi connectivity index (χ2n) is 8.06. The van der Waals surface area contributed by atoms with Crippen molar-refractivity contribution in [3.05, 3.63) is 52.2 Å². The molecule has 0 atom stereocenters. The molecule has 3 aromatic rings. The molecule has 0 aromatic carbocycles. The number of nitrogens with one attached hydrogen (secondary N) is 1. The van der Waals surface area contributed by atoms with E-state index in [1.54, 1.807) is 35.2 Å². The number of ketones is 1. The number of nitrogens with zero attached hydrogens (tertiary/aromatic N) is 3. The molecular weight excluding hydrogens is 392 g/mol. The zero-order chi connectivity index (χ0) is 22.1. The normalized spacial score (nSPS) is 13.4. The lowest BCUT2D eigenvalue weighted by Crippen LogP contribution is -2.22. The Labute approximate surface area is 180 Å². The number of hydrogen-bond donors (Lipinski definition) is 1. The van der Waals surface area contributed by atoms with Crippen molar-refractivity contribution >= 4 is 28.4 Å². The van der Waals surface area contributed by atoms with Gasteiger partial charge >= 0.3 is 0 Å². The molecule has 7 nitrogen and oxygen atoms in total. The molecule has 31 heavy (non-hydrogen) atoms. The summed E-state index contributed by atoms with van der Waals surface area (Å²) >= 11 is 0. The number of aromatic nitrogens is 3. The predicted octanol–water partition coefficient (Wildman–Crippen LogP) is 4.12. The first kappa shape index (κ1) is 20.9. The van der Waals surface area contributed by atoms with E-state index in [1.165, 1.54) is 0 Å². The van der Waals surface area contributed by atoms with Gasteiger partial charge < -0.3 is 9.88 Å². The number of pyridine rings is 3. The van der Waals surface area contributed by atoms with Crippen molar-refractivity contribution in [1.29, 1.82) is 0 Å². The molecule has 0 spiro atoms. The van der Waals surface area contributed by atoms with E-state index in [0.29, 0.717) is 35.6 Å². The minimum Gasteiger partial charge on any atom is -0.310 e. The molecule has 1 aliphatic carbocycles. The van der Waals surface area contributed by atoms with Crippen LogP contribution in [0.15, 0.2) is 35.4 Å². The smallest absolute Gasteiger partial charge is 0.258 e. The van der Waals surface area contributed by atoms with E-state index in [0.717, 1.165) is 35.7 Å². The quantitative estimate of drug-likeness (QED) is 0.583. The van der Waals surface area contributed by atoms with Crippen LogP contribution >= 0.6 is 0 Å². The third-order valence-electron chi connectivity index (χ3n) is 5.66. The zero-order valence-electron chi connectivity index (χ0n) is 18.1. The van der Waals surface area contributed by atoms with Gasteiger partial charge in [-0.05, 0) is 50.8 Å². The molecule has 3 aromatic heterocycles. The van der Waals surface area contributed by atoms with E-state index in [9.17, 15) is 14.4 Å². The first-order valence-corrected chi connectivity index (χ1v) is 10.8. The fraction of sp³-hybridized carbons (Fsp3) is 0.375. The van der Waals surface area contributed by atoms with Crippen molar-refractivity contribution in [3.63, 3.8) is 0 Å². The minimum atomic E-state index is -0.141. The van der Waals surface area contributed by atoms with Crippen LogP contribution in [0.5, 0.6) is 0 Å². The van der Waals surface area contributed by atoms with Crippen LogP contribution in [0.25, 0.3) is 22.0 Å². The number of amides is 1. The third kappa shape index (κ3) is 4.13. The van der Waals surface area contributed by atoms with Gasteiger partial charge in [0.15, 0.2) is 5.78 Å². The fourth-order valence-electron chi connectivity index (χ4n) is 3.77. The Bertz CT molecular complexity index is 1240. The summed E-state index contributed by atoms with van der Waals surface area (Å²) in [6.07, 6.45) is 6.34. The molecule has 1 saturated carbocycles. The highest BCUT2D eigenvalue weighted by Gasteiger charge is 2.29. The number of Topliss-reactive ketones (excluding diaryl/α,β-unsaturated/α-hetero) is 1. The highest BCUT2D eigenvalue weighted by molar-refractivity contribution is 5.96. The number of aryl methyl sites for hydroxylation is 2. The van der Waals surface area contributed by atoms with Crippen LogP contribution < -0.4 is 10.9 Å². The molecule has 0 radical (unpaired) electrons. The van der Waals surface area contributed by atoms with E-state index in [2.05, 4.69) is 15.3 Å². The Hall–Kier alpha value is -3.35. The highest BCUT2D eigenvalue weighted by Crippen LogP contribution is 2.30.